The van der Waals surface area contributed by atoms with Crippen LogP contribution < -0.4 is 0 Å². The fourth-order valence-corrected chi connectivity index (χ4v) is 2.39. The molecule has 5 nitrogen and oxygen atoms in total. The van der Waals surface area contributed by atoms with E-state index in [-0.39, 0.29) is 0 Å². The molecule has 2 aromatic heterocycles. The molecule has 0 atom stereocenters. The van der Waals surface area contributed by atoms with Crippen LogP contribution in [0.4, 0.5) is 0 Å². The summed E-state index contributed by atoms with van der Waals surface area (Å²) < 4.78 is 7.74. The van der Waals surface area contributed by atoms with Gasteiger partial charge in [-0.2, -0.15) is 0 Å². The van der Waals surface area contributed by atoms with Gasteiger partial charge in [-0.1, -0.05) is 6.92 Å². The molecule has 0 amide bonds. The minimum Gasteiger partial charge on any atom is -0.461 e. The first-order valence-corrected chi connectivity index (χ1v) is 7.24. The van der Waals surface area contributed by atoms with Gasteiger partial charge in [0.2, 0.25) is 0 Å². The van der Waals surface area contributed by atoms with Gasteiger partial charge >= 0.3 is 5.97 Å². The lowest BCUT2D eigenvalue weighted by Crippen LogP contribution is -2.05. The number of carbonyl (C=O) groups is 1. The highest BCUT2D eigenvalue weighted by Gasteiger charge is 2.16. The van der Waals surface area contributed by atoms with Gasteiger partial charge in [-0.05, 0) is 41.4 Å². The summed E-state index contributed by atoms with van der Waals surface area (Å²) in [5.41, 5.74) is 1.31. The molecule has 0 saturated heterocycles. The number of ether oxygens (including phenoxy) is 1. The van der Waals surface area contributed by atoms with Crippen LogP contribution in [0, 0.1) is 6.92 Å². The SMILES string of the molecule is CCOC(=O)c1cn(-c2ncc(Br)cc2C)c(CC)n1. The van der Waals surface area contributed by atoms with Crippen LogP contribution in [0.2, 0.25) is 0 Å². The highest BCUT2D eigenvalue weighted by Crippen LogP contribution is 2.19. The second-order valence-corrected chi connectivity index (χ2v) is 5.20. The molecule has 2 aromatic rings. The van der Waals surface area contributed by atoms with Gasteiger partial charge in [-0.25, -0.2) is 14.8 Å². The largest absolute Gasteiger partial charge is 0.461 e. The Kier molecular flexibility index (Phi) is 4.54. The molecule has 0 N–H and O–H groups in total. The second-order valence-electron chi connectivity index (χ2n) is 4.28. The molecule has 2 rings (SSSR count). The number of rotatable bonds is 4. The Hall–Kier alpha value is -1.69. The minimum absolute atomic E-state index is 0.313. The lowest BCUT2D eigenvalue weighted by molar-refractivity contribution is 0.0520. The van der Waals surface area contributed by atoms with E-state index in [1.165, 1.54) is 0 Å². The molecule has 0 aliphatic carbocycles. The average Bonchev–Trinajstić information content (AvgIpc) is 2.83. The lowest BCUT2D eigenvalue weighted by Gasteiger charge is -2.08. The van der Waals surface area contributed by atoms with Crippen LogP contribution >= 0.6 is 15.9 Å². The maximum atomic E-state index is 11.8. The average molecular weight is 338 g/mol. The summed E-state index contributed by atoms with van der Waals surface area (Å²) >= 11 is 3.39. The Morgan fingerprint density at radius 2 is 2.20 bits per heavy atom. The van der Waals surface area contributed by atoms with Crippen molar-refractivity contribution in [1.29, 1.82) is 0 Å². The van der Waals surface area contributed by atoms with Crippen molar-refractivity contribution in [2.75, 3.05) is 6.61 Å². The Bertz CT molecular complexity index is 637. The molecule has 0 spiro atoms. The van der Waals surface area contributed by atoms with Crippen molar-refractivity contribution < 1.29 is 9.53 Å². The summed E-state index contributed by atoms with van der Waals surface area (Å²) in [4.78, 5) is 20.5. The number of aryl methyl sites for hydroxylation is 2. The maximum absolute atomic E-state index is 11.8. The van der Waals surface area contributed by atoms with Crippen LogP contribution in [-0.2, 0) is 11.2 Å². The number of pyridine rings is 1. The van der Waals surface area contributed by atoms with Crippen molar-refractivity contribution in [3.05, 3.63) is 40.0 Å². The van der Waals surface area contributed by atoms with E-state index in [2.05, 4.69) is 25.9 Å². The van der Waals surface area contributed by atoms with Gasteiger partial charge in [-0.15, -0.1) is 0 Å². The predicted octanol–water partition coefficient (Wildman–Crippen LogP) is 3.08. The number of hydrogen-bond donors (Lipinski definition) is 0. The number of imidazole rings is 1. The molecule has 0 unspecified atom stereocenters. The molecule has 6 heteroatoms. The number of aromatic nitrogens is 3. The minimum atomic E-state index is -0.407. The van der Waals surface area contributed by atoms with E-state index < -0.39 is 5.97 Å². The van der Waals surface area contributed by atoms with Gasteiger partial charge in [0.05, 0.1) is 6.61 Å². The molecule has 0 bridgehead atoms. The highest BCUT2D eigenvalue weighted by atomic mass is 79.9. The van der Waals surface area contributed by atoms with Crippen LogP contribution in [0.3, 0.4) is 0 Å². The zero-order chi connectivity index (χ0) is 14.7. The van der Waals surface area contributed by atoms with Crippen molar-refractivity contribution in [1.82, 2.24) is 14.5 Å². The molecular formula is C14H16BrN3O2. The Morgan fingerprint density at radius 3 is 2.80 bits per heavy atom. The highest BCUT2D eigenvalue weighted by molar-refractivity contribution is 9.10. The number of halogens is 1. The summed E-state index contributed by atoms with van der Waals surface area (Å²) in [7, 11) is 0. The molecule has 0 aliphatic rings. The van der Waals surface area contributed by atoms with E-state index in [1.54, 1.807) is 19.3 Å². The summed E-state index contributed by atoms with van der Waals surface area (Å²) in [6.07, 6.45) is 4.11. The number of hydrogen-bond acceptors (Lipinski definition) is 4. The third-order valence-electron chi connectivity index (χ3n) is 2.83. The molecular weight excluding hydrogens is 322 g/mol. The van der Waals surface area contributed by atoms with Crippen molar-refractivity contribution >= 4 is 21.9 Å². The fraction of sp³-hybridized carbons (Fsp3) is 0.357. The molecule has 0 fully saturated rings. The van der Waals surface area contributed by atoms with E-state index in [0.717, 1.165) is 21.7 Å². The molecule has 0 aliphatic heterocycles. The van der Waals surface area contributed by atoms with Crippen molar-refractivity contribution in [2.24, 2.45) is 0 Å². The van der Waals surface area contributed by atoms with E-state index in [1.807, 2.05) is 24.5 Å². The van der Waals surface area contributed by atoms with E-state index in [0.29, 0.717) is 18.7 Å². The Morgan fingerprint density at radius 1 is 1.45 bits per heavy atom. The molecule has 106 valence electrons. The standard InChI is InChI=1S/C14H16BrN3O2/c1-4-12-17-11(14(19)20-5-2)8-18(12)13-9(3)6-10(15)7-16-13/h6-8H,4-5H2,1-3H3. The van der Waals surface area contributed by atoms with Gasteiger partial charge in [0.15, 0.2) is 5.69 Å². The first-order chi connectivity index (χ1) is 9.56. The third-order valence-corrected chi connectivity index (χ3v) is 3.26. The van der Waals surface area contributed by atoms with Gasteiger partial charge < -0.3 is 4.74 Å². The fourth-order valence-electron chi connectivity index (χ4n) is 1.94. The first-order valence-electron chi connectivity index (χ1n) is 6.44. The summed E-state index contributed by atoms with van der Waals surface area (Å²) in [5, 5.41) is 0. The summed E-state index contributed by atoms with van der Waals surface area (Å²) in [6.45, 7) is 6.07. The molecule has 2 heterocycles. The lowest BCUT2D eigenvalue weighted by atomic mass is 10.3. The van der Waals surface area contributed by atoms with Crippen molar-refractivity contribution in [3.8, 4) is 5.82 Å². The van der Waals surface area contributed by atoms with Crippen LogP contribution in [-0.4, -0.2) is 27.1 Å². The first kappa shape index (κ1) is 14.7. The molecule has 0 aromatic carbocycles. The van der Waals surface area contributed by atoms with Crippen LogP contribution in [0.25, 0.3) is 5.82 Å². The maximum Gasteiger partial charge on any atom is 0.358 e. The molecule has 0 radical (unpaired) electrons. The normalized spacial score (nSPS) is 10.6. The second kappa shape index (κ2) is 6.17. The quantitative estimate of drug-likeness (QED) is 0.804. The van der Waals surface area contributed by atoms with Crippen molar-refractivity contribution in [2.45, 2.75) is 27.2 Å². The number of esters is 1. The topological polar surface area (TPSA) is 57.0 Å². The summed E-state index contributed by atoms with van der Waals surface area (Å²) in [6, 6.07) is 1.98. The third kappa shape index (κ3) is 2.90. The molecule has 20 heavy (non-hydrogen) atoms. The van der Waals surface area contributed by atoms with Gasteiger partial charge in [0.1, 0.15) is 11.6 Å². The Labute approximate surface area is 126 Å². The zero-order valence-corrected chi connectivity index (χ0v) is 13.3. The van der Waals surface area contributed by atoms with Gasteiger partial charge in [0, 0.05) is 23.3 Å². The number of nitrogens with zero attached hydrogens (tertiary/aromatic N) is 3. The summed E-state index contributed by atoms with van der Waals surface area (Å²) in [5.74, 6) is 1.15. The van der Waals surface area contributed by atoms with E-state index >= 15 is 0 Å². The van der Waals surface area contributed by atoms with Crippen LogP contribution in [0.1, 0.15) is 35.7 Å². The van der Waals surface area contributed by atoms with Crippen LogP contribution in [0.15, 0.2) is 22.9 Å². The van der Waals surface area contributed by atoms with Gasteiger partial charge in [0.25, 0.3) is 0 Å². The van der Waals surface area contributed by atoms with Crippen molar-refractivity contribution in [3.63, 3.8) is 0 Å². The monoisotopic (exact) mass is 337 g/mol. The predicted molar refractivity (Wildman–Crippen MR) is 79.1 cm³/mol. The van der Waals surface area contributed by atoms with Crippen LogP contribution in [0.5, 0.6) is 0 Å². The Balaban J connectivity index is 2.47. The zero-order valence-electron chi connectivity index (χ0n) is 11.7. The van der Waals surface area contributed by atoms with E-state index in [4.69, 9.17) is 4.74 Å². The van der Waals surface area contributed by atoms with Gasteiger partial charge in [-0.3, -0.25) is 4.57 Å². The molecule has 0 saturated carbocycles. The smallest absolute Gasteiger partial charge is 0.358 e. The number of carbonyl (C=O) groups excluding carboxylic acids is 1. The van der Waals surface area contributed by atoms with E-state index in [9.17, 15) is 4.79 Å².